The molecule has 4 rings (SSSR count). The molecule has 4 aromatic carbocycles. The Kier molecular flexibility index (Phi) is 4.85. The Labute approximate surface area is 162 Å². The van der Waals surface area contributed by atoms with Gasteiger partial charge in [-0.2, -0.15) is 0 Å². The molecule has 126 valence electrons. The van der Waals surface area contributed by atoms with E-state index >= 15 is 0 Å². The Morgan fingerprint density at radius 1 is 0.423 bits per heavy atom. The number of benzene rings is 4. The third-order valence-corrected chi connectivity index (χ3v) is 4.76. The third-order valence-electron chi connectivity index (χ3n) is 4.23. The lowest BCUT2D eigenvalue weighted by Gasteiger charge is -2.08. The summed E-state index contributed by atoms with van der Waals surface area (Å²) in [5.41, 5.74) is 4.79. The normalized spacial score (nSPS) is 10.5. The van der Waals surface area contributed by atoms with E-state index in [1.54, 1.807) is 0 Å². The minimum absolute atomic E-state index is 0.839. The summed E-state index contributed by atoms with van der Waals surface area (Å²) in [5, 5.41) is 0. The molecule has 0 aliphatic heterocycles. The molecule has 1 nitrogen and oxygen atoms in total. The number of hydrogen-bond acceptors (Lipinski definition) is 1. The Balaban J connectivity index is 1.51. The molecule has 0 saturated heterocycles. The molecular weight excluding hydrogens is 384 g/mol. The molecule has 0 aliphatic carbocycles. The van der Waals surface area contributed by atoms with Crippen LogP contribution in [0.3, 0.4) is 0 Å². The molecule has 0 spiro atoms. The molecule has 0 bridgehead atoms. The van der Waals surface area contributed by atoms with Gasteiger partial charge in [-0.3, -0.25) is 0 Å². The van der Waals surface area contributed by atoms with Crippen LogP contribution in [0, 0.1) is 0 Å². The van der Waals surface area contributed by atoms with Gasteiger partial charge in [0.15, 0.2) is 0 Å². The maximum atomic E-state index is 5.85. The van der Waals surface area contributed by atoms with E-state index in [-0.39, 0.29) is 0 Å². The topological polar surface area (TPSA) is 9.23 Å². The fourth-order valence-corrected chi connectivity index (χ4v) is 3.10. The van der Waals surface area contributed by atoms with Crippen molar-refractivity contribution in [3.05, 3.63) is 108 Å². The van der Waals surface area contributed by atoms with Crippen molar-refractivity contribution in [1.29, 1.82) is 0 Å². The van der Waals surface area contributed by atoms with Gasteiger partial charge in [0.25, 0.3) is 0 Å². The van der Waals surface area contributed by atoms with Crippen LogP contribution in [0.1, 0.15) is 0 Å². The van der Waals surface area contributed by atoms with E-state index in [9.17, 15) is 0 Å². The van der Waals surface area contributed by atoms with Gasteiger partial charge in [0.2, 0.25) is 0 Å². The first kappa shape index (κ1) is 16.6. The van der Waals surface area contributed by atoms with Crippen LogP contribution in [0.2, 0.25) is 0 Å². The molecule has 0 radical (unpaired) electrons. The number of rotatable bonds is 4. The van der Waals surface area contributed by atoms with Crippen LogP contribution in [0.25, 0.3) is 22.3 Å². The maximum absolute atomic E-state index is 5.85. The van der Waals surface area contributed by atoms with Gasteiger partial charge in [-0.15, -0.1) is 0 Å². The van der Waals surface area contributed by atoms with E-state index < -0.39 is 0 Å². The third kappa shape index (κ3) is 3.87. The molecule has 0 N–H and O–H groups in total. The van der Waals surface area contributed by atoms with Crippen LogP contribution >= 0.6 is 15.9 Å². The smallest absolute Gasteiger partial charge is 0.127 e. The van der Waals surface area contributed by atoms with Crippen molar-refractivity contribution < 1.29 is 4.74 Å². The molecule has 0 fully saturated rings. The second-order valence-electron chi connectivity index (χ2n) is 6.02. The number of hydrogen-bond donors (Lipinski definition) is 0. The van der Waals surface area contributed by atoms with Crippen molar-refractivity contribution in [2.45, 2.75) is 0 Å². The van der Waals surface area contributed by atoms with Crippen LogP contribution in [-0.4, -0.2) is 0 Å². The van der Waals surface area contributed by atoms with E-state index in [0.29, 0.717) is 0 Å². The van der Waals surface area contributed by atoms with Crippen LogP contribution in [-0.2, 0) is 0 Å². The summed E-state index contributed by atoms with van der Waals surface area (Å²) >= 11 is 3.48. The minimum Gasteiger partial charge on any atom is -0.457 e. The summed E-state index contributed by atoms with van der Waals surface area (Å²) in [5.74, 6) is 1.69. The summed E-state index contributed by atoms with van der Waals surface area (Å²) in [4.78, 5) is 0. The molecule has 4 aromatic rings. The van der Waals surface area contributed by atoms with Gasteiger partial charge >= 0.3 is 0 Å². The summed E-state index contributed by atoms with van der Waals surface area (Å²) in [6.45, 7) is 0. The molecule has 0 atom stereocenters. The molecule has 0 unspecified atom stereocenters. The quantitative estimate of drug-likeness (QED) is 0.343. The van der Waals surface area contributed by atoms with Crippen molar-refractivity contribution in [2.24, 2.45) is 0 Å². The zero-order chi connectivity index (χ0) is 17.8. The lowest BCUT2D eigenvalue weighted by Crippen LogP contribution is -1.84. The zero-order valence-electron chi connectivity index (χ0n) is 14.1. The van der Waals surface area contributed by atoms with Crippen molar-refractivity contribution >= 4 is 15.9 Å². The Morgan fingerprint density at radius 3 is 1.31 bits per heavy atom. The SMILES string of the molecule is Brc1ccc(-c2ccc(-c3ccc(Oc4ccccc4)cc3)cc2)cc1. The van der Waals surface area contributed by atoms with E-state index in [2.05, 4.69) is 76.6 Å². The van der Waals surface area contributed by atoms with E-state index in [1.807, 2.05) is 42.5 Å². The Morgan fingerprint density at radius 2 is 0.808 bits per heavy atom. The lowest BCUT2D eigenvalue weighted by atomic mass is 10.0. The highest BCUT2D eigenvalue weighted by atomic mass is 79.9. The van der Waals surface area contributed by atoms with Gasteiger partial charge in [-0.05, 0) is 58.7 Å². The first-order valence-corrected chi connectivity index (χ1v) is 9.27. The Bertz CT molecular complexity index is 973. The lowest BCUT2D eigenvalue weighted by molar-refractivity contribution is 0.483. The van der Waals surface area contributed by atoms with Gasteiger partial charge < -0.3 is 4.74 Å². The monoisotopic (exact) mass is 400 g/mol. The molecular formula is C24H17BrO. The summed E-state index contributed by atoms with van der Waals surface area (Å²) in [6.07, 6.45) is 0. The largest absolute Gasteiger partial charge is 0.457 e. The molecule has 0 saturated carbocycles. The van der Waals surface area contributed by atoms with Gasteiger partial charge in [-0.1, -0.05) is 82.7 Å². The van der Waals surface area contributed by atoms with Gasteiger partial charge in [0.1, 0.15) is 11.5 Å². The highest BCUT2D eigenvalue weighted by Gasteiger charge is 2.02. The van der Waals surface area contributed by atoms with Crippen molar-refractivity contribution in [3.8, 4) is 33.8 Å². The molecule has 26 heavy (non-hydrogen) atoms. The van der Waals surface area contributed by atoms with Crippen LogP contribution in [0.4, 0.5) is 0 Å². The van der Waals surface area contributed by atoms with E-state index in [4.69, 9.17) is 4.74 Å². The average Bonchev–Trinajstić information content (AvgIpc) is 2.70. The van der Waals surface area contributed by atoms with Crippen LogP contribution < -0.4 is 4.74 Å². The van der Waals surface area contributed by atoms with Gasteiger partial charge in [0.05, 0.1) is 0 Å². The first-order valence-electron chi connectivity index (χ1n) is 8.47. The molecule has 0 aliphatic rings. The average molecular weight is 401 g/mol. The molecule has 0 heterocycles. The Hall–Kier alpha value is -2.84. The fourth-order valence-electron chi connectivity index (χ4n) is 2.84. The predicted molar refractivity (Wildman–Crippen MR) is 112 cm³/mol. The maximum Gasteiger partial charge on any atom is 0.127 e. The number of para-hydroxylation sites is 1. The molecule has 0 amide bonds. The van der Waals surface area contributed by atoms with Crippen molar-refractivity contribution in [3.63, 3.8) is 0 Å². The first-order chi connectivity index (χ1) is 12.8. The summed E-state index contributed by atoms with van der Waals surface area (Å²) in [6, 6.07) is 35.0. The van der Waals surface area contributed by atoms with Crippen molar-refractivity contribution in [2.75, 3.05) is 0 Å². The number of halogens is 1. The van der Waals surface area contributed by atoms with Crippen LogP contribution in [0.5, 0.6) is 11.5 Å². The highest BCUT2D eigenvalue weighted by Crippen LogP contribution is 2.28. The van der Waals surface area contributed by atoms with Gasteiger partial charge in [-0.25, -0.2) is 0 Å². The molecule has 0 aromatic heterocycles. The second kappa shape index (κ2) is 7.59. The van der Waals surface area contributed by atoms with E-state index in [0.717, 1.165) is 16.0 Å². The van der Waals surface area contributed by atoms with Crippen LogP contribution in [0.15, 0.2) is 108 Å². The number of ether oxygens (including phenoxy) is 1. The fraction of sp³-hybridized carbons (Fsp3) is 0. The second-order valence-corrected chi connectivity index (χ2v) is 6.94. The van der Waals surface area contributed by atoms with Gasteiger partial charge in [0, 0.05) is 4.47 Å². The standard InChI is InChI=1S/C24H17BrO/c25-22-14-10-20(11-15-22)18-6-8-19(9-7-18)21-12-16-24(17-13-21)26-23-4-2-1-3-5-23/h1-17H. The molecule has 2 heteroatoms. The highest BCUT2D eigenvalue weighted by molar-refractivity contribution is 9.10. The minimum atomic E-state index is 0.839. The summed E-state index contributed by atoms with van der Waals surface area (Å²) in [7, 11) is 0. The summed E-state index contributed by atoms with van der Waals surface area (Å²) < 4.78 is 6.95. The predicted octanol–water partition coefficient (Wildman–Crippen LogP) is 7.58. The van der Waals surface area contributed by atoms with Crippen molar-refractivity contribution in [1.82, 2.24) is 0 Å². The van der Waals surface area contributed by atoms with E-state index in [1.165, 1.54) is 22.3 Å². The zero-order valence-corrected chi connectivity index (χ0v) is 15.7.